The molecule has 1 saturated carbocycles. The molecule has 0 radical (unpaired) electrons. The number of esters is 1. The summed E-state index contributed by atoms with van der Waals surface area (Å²) >= 11 is 0. The predicted octanol–water partition coefficient (Wildman–Crippen LogP) is 3.10. The Balaban J connectivity index is 1.68. The lowest BCUT2D eigenvalue weighted by atomic mass is 9.84. The lowest BCUT2D eigenvalue weighted by Gasteiger charge is -2.28. The summed E-state index contributed by atoms with van der Waals surface area (Å²) in [5.74, 6) is -0.751. The van der Waals surface area contributed by atoms with Crippen LogP contribution in [0.5, 0.6) is 0 Å². The summed E-state index contributed by atoms with van der Waals surface area (Å²) < 4.78 is 15.9. The van der Waals surface area contributed by atoms with Crippen molar-refractivity contribution in [2.75, 3.05) is 32.9 Å². The van der Waals surface area contributed by atoms with Crippen molar-refractivity contribution < 1.29 is 28.6 Å². The smallest absolute Gasteiger partial charge is 0.408 e. The molecular weight excluding hydrogens is 450 g/mol. The van der Waals surface area contributed by atoms with Crippen LogP contribution in [0, 0.1) is 5.92 Å². The summed E-state index contributed by atoms with van der Waals surface area (Å²) in [6.07, 6.45) is 6.86. The Labute approximate surface area is 207 Å². The number of morpholine rings is 1. The van der Waals surface area contributed by atoms with Crippen LogP contribution in [0.15, 0.2) is 42.2 Å². The molecule has 2 N–H and O–H groups in total. The fourth-order valence-electron chi connectivity index (χ4n) is 4.35. The molecule has 0 aromatic heterocycles. The topological polar surface area (TPSA) is 106 Å². The van der Waals surface area contributed by atoms with Gasteiger partial charge in [0.15, 0.2) is 0 Å². The predicted molar refractivity (Wildman–Crippen MR) is 130 cm³/mol. The van der Waals surface area contributed by atoms with Gasteiger partial charge in [-0.2, -0.15) is 0 Å². The summed E-state index contributed by atoms with van der Waals surface area (Å²) in [4.78, 5) is 40.4. The third-order valence-corrected chi connectivity index (χ3v) is 6.23. The second kappa shape index (κ2) is 14.4. The molecule has 1 heterocycles. The van der Waals surface area contributed by atoms with Gasteiger partial charge in [-0.25, -0.2) is 9.59 Å². The van der Waals surface area contributed by atoms with Crippen LogP contribution in [0.3, 0.4) is 0 Å². The number of carbonyl (C=O) groups excluding carboxylic acids is 3. The lowest BCUT2D eigenvalue weighted by Crippen LogP contribution is -2.49. The van der Waals surface area contributed by atoms with Crippen LogP contribution in [0.2, 0.25) is 0 Å². The van der Waals surface area contributed by atoms with Crippen LogP contribution >= 0.6 is 0 Å². The summed E-state index contributed by atoms with van der Waals surface area (Å²) in [5.41, 5.74) is 0.904. The van der Waals surface area contributed by atoms with Crippen molar-refractivity contribution in [3.8, 4) is 0 Å². The van der Waals surface area contributed by atoms with Crippen molar-refractivity contribution in [2.45, 2.75) is 58.1 Å². The fraction of sp³-hybridized carbons (Fsp3) is 0.577. The van der Waals surface area contributed by atoms with E-state index in [4.69, 9.17) is 14.2 Å². The van der Waals surface area contributed by atoms with E-state index in [-0.39, 0.29) is 18.9 Å². The number of amides is 2. The van der Waals surface area contributed by atoms with Crippen LogP contribution in [0.4, 0.5) is 4.79 Å². The summed E-state index contributed by atoms with van der Waals surface area (Å²) in [5, 5.41) is 5.44. The highest BCUT2D eigenvalue weighted by Gasteiger charge is 2.28. The van der Waals surface area contributed by atoms with Gasteiger partial charge in [0.2, 0.25) is 5.91 Å². The second-order valence-corrected chi connectivity index (χ2v) is 8.90. The highest BCUT2D eigenvalue weighted by molar-refractivity contribution is 5.96. The van der Waals surface area contributed by atoms with Crippen molar-refractivity contribution in [1.29, 1.82) is 0 Å². The number of alkyl carbamates (subject to hydrolysis) is 1. The first-order chi connectivity index (χ1) is 17.0. The third-order valence-electron chi connectivity index (χ3n) is 6.23. The quantitative estimate of drug-likeness (QED) is 0.386. The van der Waals surface area contributed by atoms with Crippen LogP contribution < -0.4 is 10.6 Å². The van der Waals surface area contributed by atoms with Gasteiger partial charge in [0.25, 0.3) is 0 Å². The first-order valence-electron chi connectivity index (χ1n) is 12.5. The molecule has 1 aromatic rings. The zero-order valence-corrected chi connectivity index (χ0v) is 20.5. The molecule has 0 unspecified atom stereocenters. The monoisotopic (exact) mass is 487 g/mol. The number of ether oxygens (including phenoxy) is 3. The van der Waals surface area contributed by atoms with Crippen molar-refractivity contribution in [2.24, 2.45) is 5.92 Å². The number of nitrogens with one attached hydrogen (secondary N) is 2. The van der Waals surface area contributed by atoms with Crippen molar-refractivity contribution in [1.82, 2.24) is 15.5 Å². The Hall–Kier alpha value is -3.07. The maximum atomic E-state index is 13.3. The molecule has 1 atom stereocenters. The molecule has 1 aliphatic carbocycles. The Morgan fingerprint density at radius 3 is 2.49 bits per heavy atom. The maximum Gasteiger partial charge on any atom is 0.408 e. The normalized spacial score (nSPS) is 17.9. The van der Waals surface area contributed by atoms with Gasteiger partial charge in [-0.1, -0.05) is 62.4 Å². The molecule has 192 valence electrons. The van der Waals surface area contributed by atoms with Crippen molar-refractivity contribution in [3.63, 3.8) is 0 Å². The van der Waals surface area contributed by atoms with Crippen molar-refractivity contribution in [3.05, 3.63) is 47.8 Å². The zero-order chi connectivity index (χ0) is 24.9. The number of carbonyl (C=O) groups is 3. The summed E-state index contributed by atoms with van der Waals surface area (Å²) in [6, 6.07) is 8.52. The van der Waals surface area contributed by atoms with Crippen LogP contribution in [0.1, 0.15) is 51.0 Å². The van der Waals surface area contributed by atoms with Gasteiger partial charge in [0.05, 0.1) is 19.8 Å². The van der Waals surface area contributed by atoms with Crippen LogP contribution in [0.25, 0.3) is 0 Å². The van der Waals surface area contributed by atoms with E-state index >= 15 is 0 Å². The van der Waals surface area contributed by atoms with E-state index in [1.807, 2.05) is 35.2 Å². The number of hydrogen-bond acceptors (Lipinski definition) is 7. The third kappa shape index (κ3) is 9.24. The number of nitrogens with zero attached hydrogens (tertiary/aromatic N) is 1. The van der Waals surface area contributed by atoms with Crippen LogP contribution in [-0.2, 0) is 30.4 Å². The van der Waals surface area contributed by atoms with E-state index in [2.05, 4.69) is 10.6 Å². The molecular formula is C26H37N3O6. The van der Waals surface area contributed by atoms with Gasteiger partial charge < -0.3 is 29.7 Å². The minimum absolute atomic E-state index is 0.0480. The highest BCUT2D eigenvalue weighted by atomic mass is 16.5. The molecule has 0 bridgehead atoms. The highest BCUT2D eigenvalue weighted by Crippen LogP contribution is 2.27. The Kier molecular flexibility index (Phi) is 10.9. The average Bonchev–Trinajstić information content (AvgIpc) is 2.88. The minimum atomic E-state index is -0.830. The molecule has 1 saturated heterocycles. The first-order valence-corrected chi connectivity index (χ1v) is 12.5. The minimum Gasteiger partial charge on any atom is -0.461 e. The molecule has 3 rings (SSSR count). The number of benzene rings is 1. The van der Waals surface area contributed by atoms with Gasteiger partial charge in [-0.15, -0.1) is 0 Å². The largest absolute Gasteiger partial charge is 0.461 e. The van der Waals surface area contributed by atoms with E-state index in [1.165, 1.54) is 6.42 Å². The van der Waals surface area contributed by atoms with Gasteiger partial charge in [0.1, 0.15) is 18.3 Å². The summed E-state index contributed by atoms with van der Waals surface area (Å²) in [6.45, 7) is 4.30. The lowest BCUT2D eigenvalue weighted by molar-refractivity contribution is -0.140. The van der Waals surface area contributed by atoms with Crippen LogP contribution in [-0.4, -0.2) is 61.8 Å². The van der Waals surface area contributed by atoms with E-state index < -0.39 is 24.0 Å². The molecule has 2 amide bonds. The summed E-state index contributed by atoms with van der Waals surface area (Å²) in [7, 11) is 0. The second-order valence-electron chi connectivity index (χ2n) is 8.90. The molecule has 2 fully saturated rings. The Morgan fingerprint density at radius 1 is 1.09 bits per heavy atom. The Bertz CT molecular complexity index is 848. The number of hydrogen-bond donors (Lipinski definition) is 2. The van der Waals surface area contributed by atoms with Gasteiger partial charge in [-0.05, 0) is 24.8 Å². The molecule has 2 aliphatic rings. The molecule has 1 aliphatic heterocycles. The standard InChI is InChI=1S/C26H37N3O6/c1-2-34-25(31)23(18-29-13-15-33-16-14-29)27-24(30)22(17-20-9-5-3-6-10-20)28-26(32)35-19-21-11-7-4-8-12-21/h4,7-8,11-12,18,20,22H,2-3,5-6,9-10,13-17,19H2,1H3,(H,27,30)(H,28,32)/t22-/m0/s1. The Morgan fingerprint density at radius 2 is 1.80 bits per heavy atom. The van der Waals surface area contributed by atoms with Gasteiger partial charge >= 0.3 is 12.1 Å². The van der Waals surface area contributed by atoms with E-state index in [1.54, 1.807) is 13.1 Å². The average molecular weight is 488 g/mol. The van der Waals surface area contributed by atoms with E-state index in [0.29, 0.717) is 38.6 Å². The molecule has 1 aromatic carbocycles. The zero-order valence-electron chi connectivity index (χ0n) is 20.5. The first kappa shape index (κ1) is 26.5. The molecule has 35 heavy (non-hydrogen) atoms. The maximum absolute atomic E-state index is 13.3. The fourth-order valence-corrected chi connectivity index (χ4v) is 4.35. The van der Waals surface area contributed by atoms with Gasteiger partial charge in [0, 0.05) is 19.3 Å². The van der Waals surface area contributed by atoms with Gasteiger partial charge in [-0.3, -0.25) is 4.79 Å². The SMILES string of the molecule is CCOC(=O)C(=CN1CCOCC1)NC(=O)[C@H](CC1CCCCC1)NC(=O)OCc1ccccc1. The molecule has 9 heteroatoms. The van der Waals surface area contributed by atoms with E-state index in [0.717, 1.165) is 31.2 Å². The van der Waals surface area contributed by atoms with E-state index in [9.17, 15) is 14.4 Å². The molecule has 0 spiro atoms. The van der Waals surface area contributed by atoms with Crippen molar-refractivity contribution >= 4 is 18.0 Å². The molecule has 9 nitrogen and oxygen atoms in total. The number of rotatable bonds is 10.